The first kappa shape index (κ1) is 12.8. The quantitative estimate of drug-likeness (QED) is 0.624. The Bertz CT molecular complexity index is 464. The second-order valence-electron chi connectivity index (χ2n) is 3.82. The molecule has 0 saturated carbocycles. The molecule has 0 spiro atoms. The van der Waals surface area contributed by atoms with Crippen LogP contribution in [0.2, 0.25) is 0 Å². The van der Waals surface area contributed by atoms with E-state index in [1.165, 1.54) is 0 Å². The highest BCUT2D eigenvalue weighted by molar-refractivity contribution is 6.68. The number of halogens is 3. The third-order valence-electron chi connectivity index (χ3n) is 2.55. The average Bonchev–Trinajstić information content (AvgIpc) is 2.30. The molecular formula is C14H11Cl3. The first-order valence-electron chi connectivity index (χ1n) is 5.25. The van der Waals surface area contributed by atoms with Crippen molar-refractivity contribution in [1.29, 1.82) is 0 Å². The van der Waals surface area contributed by atoms with Crippen molar-refractivity contribution < 1.29 is 0 Å². The first-order valence-corrected chi connectivity index (χ1v) is 6.39. The SMILES string of the molecule is ClC(Cl)(Cl)C1C=CC=CC1=Cc1ccccc1. The van der Waals surface area contributed by atoms with E-state index in [1.54, 1.807) is 0 Å². The molecule has 1 unspecified atom stereocenters. The van der Waals surface area contributed by atoms with Crippen molar-refractivity contribution in [3.8, 4) is 0 Å². The molecule has 0 heterocycles. The van der Waals surface area contributed by atoms with Gasteiger partial charge < -0.3 is 0 Å². The standard InChI is InChI=1S/C14H11Cl3/c15-14(16,17)13-9-5-4-8-12(13)10-11-6-2-1-3-7-11/h1-10,13H. The number of benzene rings is 1. The Morgan fingerprint density at radius 3 is 2.35 bits per heavy atom. The van der Waals surface area contributed by atoms with E-state index in [-0.39, 0.29) is 5.92 Å². The maximum absolute atomic E-state index is 5.98. The van der Waals surface area contributed by atoms with Gasteiger partial charge in [0.15, 0.2) is 0 Å². The zero-order valence-corrected chi connectivity index (χ0v) is 11.3. The lowest BCUT2D eigenvalue weighted by Gasteiger charge is -2.24. The summed E-state index contributed by atoms with van der Waals surface area (Å²) in [5.74, 6) is -0.210. The van der Waals surface area contributed by atoms with E-state index in [1.807, 2.05) is 60.7 Å². The van der Waals surface area contributed by atoms with Gasteiger partial charge in [-0.05, 0) is 11.1 Å². The molecule has 2 rings (SSSR count). The van der Waals surface area contributed by atoms with Gasteiger partial charge in [-0.25, -0.2) is 0 Å². The number of rotatable bonds is 1. The van der Waals surface area contributed by atoms with Crippen molar-refractivity contribution in [1.82, 2.24) is 0 Å². The fraction of sp³-hybridized carbons (Fsp3) is 0.143. The Morgan fingerprint density at radius 1 is 1.00 bits per heavy atom. The van der Waals surface area contributed by atoms with E-state index in [2.05, 4.69) is 0 Å². The van der Waals surface area contributed by atoms with Crippen LogP contribution in [0.1, 0.15) is 5.56 Å². The van der Waals surface area contributed by atoms with Crippen molar-refractivity contribution in [2.45, 2.75) is 3.79 Å². The summed E-state index contributed by atoms with van der Waals surface area (Å²) in [4.78, 5) is 0. The highest BCUT2D eigenvalue weighted by Gasteiger charge is 2.33. The van der Waals surface area contributed by atoms with Crippen LogP contribution in [-0.4, -0.2) is 3.79 Å². The second kappa shape index (κ2) is 5.30. The van der Waals surface area contributed by atoms with E-state index in [9.17, 15) is 0 Å². The second-order valence-corrected chi connectivity index (χ2v) is 6.19. The molecule has 1 aromatic rings. The van der Waals surface area contributed by atoms with Crippen LogP contribution in [0, 0.1) is 5.92 Å². The van der Waals surface area contributed by atoms with Gasteiger partial charge in [0.2, 0.25) is 3.79 Å². The molecule has 0 N–H and O–H groups in total. The lowest BCUT2D eigenvalue weighted by Crippen LogP contribution is -2.19. The van der Waals surface area contributed by atoms with Gasteiger partial charge in [-0.3, -0.25) is 0 Å². The number of hydrogen-bond acceptors (Lipinski definition) is 0. The molecule has 1 aliphatic rings. The van der Waals surface area contributed by atoms with Gasteiger partial charge in [0.05, 0.1) is 0 Å². The molecule has 0 saturated heterocycles. The topological polar surface area (TPSA) is 0 Å². The van der Waals surface area contributed by atoms with Crippen LogP contribution in [0.4, 0.5) is 0 Å². The summed E-state index contributed by atoms with van der Waals surface area (Å²) >= 11 is 17.9. The van der Waals surface area contributed by atoms with Crippen LogP contribution in [0.15, 0.2) is 60.2 Å². The van der Waals surface area contributed by atoms with Crippen molar-refractivity contribution in [3.05, 3.63) is 65.8 Å². The Kier molecular flexibility index (Phi) is 3.98. The zero-order valence-electron chi connectivity index (χ0n) is 8.98. The fourth-order valence-electron chi connectivity index (χ4n) is 1.73. The fourth-order valence-corrected chi connectivity index (χ4v) is 2.33. The summed E-state index contributed by atoms with van der Waals surface area (Å²) in [6.45, 7) is 0. The predicted octanol–water partition coefficient (Wildman–Crippen LogP) is 5.18. The summed E-state index contributed by atoms with van der Waals surface area (Å²) in [5.41, 5.74) is 2.10. The molecule has 0 fully saturated rings. The molecule has 0 bridgehead atoms. The molecule has 0 amide bonds. The lowest BCUT2D eigenvalue weighted by atomic mass is 9.94. The minimum Gasteiger partial charge on any atom is -0.0826 e. The molecule has 1 aliphatic carbocycles. The van der Waals surface area contributed by atoms with Crippen molar-refractivity contribution in [3.63, 3.8) is 0 Å². The van der Waals surface area contributed by atoms with Gasteiger partial charge in [0.25, 0.3) is 0 Å². The summed E-state index contributed by atoms with van der Waals surface area (Å²) < 4.78 is -1.32. The molecule has 0 nitrogen and oxygen atoms in total. The average molecular weight is 286 g/mol. The zero-order chi connectivity index (χ0) is 12.3. The number of allylic oxidation sites excluding steroid dienone is 5. The van der Waals surface area contributed by atoms with Gasteiger partial charge >= 0.3 is 0 Å². The number of hydrogen-bond donors (Lipinski definition) is 0. The van der Waals surface area contributed by atoms with Crippen LogP contribution < -0.4 is 0 Å². The first-order chi connectivity index (χ1) is 8.07. The van der Waals surface area contributed by atoms with Crippen molar-refractivity contribution in [2.75, 3.05) is 0 Å². The Labute approximate surface area is 116 Å². The van der Waals surface area contributed by atoms with Crippen LogP contribution in [0.25, 0.3) is 6.08 Å². The van der Waals surface area contributed by atoms with E-state index in [0.717, 1.165) is 11.1 Å². The Balaban J connectivity index is 2.34. The van der Waals surface area contributed by atoms with Crippen LogP contribution >= 0.6 is 34.8 Å². The maximum atomic E-state index is 5.98. The van der Waals surface area contributed by atoms with Crippen LogP contribution in [0.5, 0.6) is 0 Å². The van der Waals surface area contributed by atoms with E-state index in [0.29, 0.717) is 0 Å². The molecule has 88 valence electrons. The Hall–Kier alpha value is -0.690. The van der Waals surface area contributed by atoms with Crippen molar-refractivity contribution in [2.24, 2.45) is 5.92 Å². The summed E-state index contributed by atoms with van der Waals surface area (Å²) in [6, 6.07) is 9.99. The highest BCUT2D eigenvalue weighted by atomic mass is 35.6. The molecule has 1 aromatic carbocycles. The molecule has 3 heteroatoms. The van der Waals surface area contributed by atoms with E-state index in [4.69, 9.17) is 34.8 Å². The van der Waals surface area contributed by atoms with Gasteiger partial charge in [-0.2, -0.15) is 0 Å². The van der Waals surface area contributed by atoms with E-state index >= 15 is 0 Å². The van der Waals surface area contributed by atoms with E-state index < -0.39 is 3.79 Å². The smallest absolute Gasteiger partial charge is 0.0826 e. The van der Waals surface area contributed by atoms with Crippen molar-refractivity contribution >= 4 is 40.9 Å². The molecule has 0 radical (unpaired) electrons. The molecule has 17 heavy (non-hydrogen) atoms. The highest BCUT2D eigenvalue weighted by Crippen LogP contribution is 2.42. The summed E-state index contributed by atoms with van der Waals surface area (Å²) in [7, 11) is 0. The number of alkyl halides is 3. The van der Waals surface area contributed by atoms with Crippen LogP contribution in [0.3, 0.4) is 0 Å². The van der Waals surface area contributed by atoms with Gasteiger partial charge in [-0.1, -0.05) is 95.5 Å². The predicted molar refractivity (Wildman–Crippen MR) is 76.5 cm³/mol. The lowest BCUT2D eigenvalue weighted by molar-refractivity contribution is 0.805. The summed E-state index contributed by atoms with van der Waals surface area (Å²) in [6.07, 6.45) is 9.75. The normalized spacial score (nSPS) is 22.1. The molecule has 1 atom stereocenters. The van der Waals surface area contributed by atoms with Gasteiger partial charge in [0.1, 0.15) is 0 Å². The monoisotopic (exact) mass is 284 g/mol. The molecule has 0 aliphatic heterocycles. The minimum atomic E-state index is -1.32. The Morgan fingerprint density at radius 2 is 1.71 bits per heavy atom. The third kappa shape index (κ3) is 3.38. The third-order valence-corrected chi connectivity index (χ3v) is 3.25. The molecular weight excluding hydrogens is 275 g/mol. The molecule has 0 aromatic heterocycles. The van der Waals surface area contributed by atoms with Gasteiger partial charge in [0, 0.05) is 5.92 Å². The van der Waals surface area contributed by atoms with Gasteiger partial charge in [-0.15, -0.1) is 0 Å². The van der Waals surface area contributed by atoms with Crippen LogP contribution in [-0.2, 0) is 0 Å². The minimum absolute atomic E-state index is 0.210. The summed E-state index contributed by atoms with van der Waals surface area (Å²) in [5, 5.41) is 0. The maximum Gasteiger partial charge on any atom is 0.200 e. The largest absolute Gasteiger partial charge is 0.200 e.